The quantitative estimate of drug-likeness (QED) is 0.740. The van der Waals surface area contributed by atoms with Crippen LogP contribution in [-0.4, -0.2) is 10.7 Å². The fourth-order valence-corrected chi connectivity index (χ4v) is 1.41. The van der Waals surface area contributed by atoms with Crippen LogP contribution in [-0.2, 0) is 0 Å². The van der Waals surface area contributed by atoms with Crippen LogP contribution in [0.5, 0.6) is 0 Å². The standard InChI is InChI=1S/C9H6F2N2O/c10-8-7(9(12)14)5-3-1-2-4-6(5)13(8)11/h1-4H,(H2,12,14). The highest BCUT2D eigenvalue weighted by Crippen LogP contribution is 2.24. The Hall–Kier alpha value is -1.91. The number of fused-ring (bicyclic) bond motifs is 1. The molecule has 0 radical (unpaired) electrons. The van der Waals surface area contributed by atoms with Crippen molar-refractivity contribution < 1.29 is 13.7 Å². The van der Waals surface area contributed by atoms with Gasteiger partial charge in [-0.15, -0.1) is 4.79 Å². The molecule has 0 bridgehead atoms. The van der Waals surface area contributed by atoms with Crippen molar-refractivity contribution in [2.24, 2.45) is 5.73 Å². The van der Waals surface area contributed by atoms with E-state index in [1.165, 1.54) is 12.1 Å². The molecule has 0 aliphatic rings. The number of rotatable bonds is 1. The van der Waals surface area contributed by atoms with E-state index in [9.17, 15) is 13.7 Å². The van der Waals surface area contributed by atoms with Crippen molar-refractivity contribution in [3.8, 4) is 0 Å². The highest BCUT2D eigenvalue weighted by atomic mass is 19.2. The number of aromatic nitrogens is 1. The molecule has 2 rings (SSSR count). The maximum Gasteiger partial charge on any atom is 0.254 e. The lowest BCUT2D eigenvalue weighted by atomic mass is 10.2. The van der Waals surface area contributed by atoms with Gasteiger partial charge in [-0.25, -0.2) is 0 Å². The summed E-state index contributed by atoms with van der Waals surface area (Å²) in [6.45, 7) is 0. The van der Waals surface area contributed by atoms with Gasteiger partial charge in [0.15, 0.2) is 0 Å². The number of para-hydroxylation sites is 1. The van der Waals surface area contributed by atoms with Gasteiger partial charge in [0.25, 0.3) is 5.91 Å². The van der Waals surface area contributed by atoms with E-state index in [4.69, 9.17) is 5.73 Å². The van der Waals surface area contributed by atoms with Crippen LogP contribution in [0, 0.1) is 5.95 Å². The molecule has 2 N–H and O–H groups in total. The molecule has 5 heteroatoms. The van der Waals surface area contributed by atoms with Gasteiger partial charge in [0.1, 0.15) is 5.56 Å². The van der Waals surface area contributed by atoms with E-state index in [1.54, 1.807) is 12.1 Å². The summed E-state index contributed by atoms with van der Waals surface area (Å²) in [5.74, 6) is -2.23. The SMILES string of the molecule is NC(=O)c1c(F)n(F)c2ccccc12. The van der Waals surface area contributed by atoms with Gasteiger partial charge in [-0.2, -0.15) is 4.39 Å². The number of nitrogens with two attached hydrogens (primary N) is 1. The second-order valence-electron chi connectivity index (χ2n) is 2.83. The number of amides is 1. The molecule has 0 aliphatic heterocycles. The first kappa shape index (κ1) is 8.68. The van der Waals surface area contributed by atoms with Crippen LogP contribution >= 0.6 is 0 Å². The first-order chi connectivity index (χ1) is 6.63. The molecule has 0 saturated heterocycles. The third kappa shape index (κ3) is 0.985. The van der Waals surface area contributed by atoms with Crippen LogP contribution in [0.4, 0.5) is 8.87 Å². The molecule has 0 saturated carbocycles. The maximum absolute atomic E-state index is 13.2. The Balaban J connectivity index is 2.95. The van der Waals surface area contributed by atoms with Crippen molar-refractivity contribution in [2.45, 2.75) is 0 Å². The Morgan fingerprint density at radius 2 is 2.00 bits per heavy atom. The molecule has 0 fully saturated rings. The van der Waals surface area contributed by atoms with E-state index < -0.39 is 17.4 Å². The molecule has 14 heavy (non-hydrogen) atoms. The second kappa shape index (κ2) is 2.80. The fourth-order valence-electron chi connectivity index (χ4n) is 1.41. The fraction of sp³-hybridized carbons (Fsp3) is 0. The number of nitrogens with zero attached hydrogens (tertiary/aromatic N) is 1. The summed E-state index contributed by atoms with van der Waals surface area (Å²) in [4.78, 5) is 10.7. The number of halogens is 2. The van der Waals surface area contributed by atoms with Crippen LogP contribution in [0.3, 0.4) is 0 Å². The van der Waals surface area contributed by atoms with Gasteiger partial charge < -0.3 is 5.73 Å². The summed E-state index contributed by atoms with van der Waals surface area (Å²) in [5.41, 5.74) is 4.52. The van der Waals surface area contributed by atoms with Gasteiger partial charge in [-0.3, -0.25) is 4.79 Å². The van der Waals surface area contributed by atoms with Crippen LogP contribution in [0.15, 0.2) is 24.3 Å². The minimum Gasteiger partial charge on any atom is -0.365 e. The molecule has 3 nitrogen and oxygen atoms in total. The largest absolute Gasteiger partial charge is 0.365 e. The number of hydrogen-bond donors (Lipinski definition) is 1. The first-order valence-corrected chi connectivity index (χ1v) is 3.88. The monoisotopic (exact) mass is 196 g/mol. The summed E-state index contributed by atoms with van der Waals surface area (Å²) in [7, 11) is 0. The number of hydrogen-bond acceptors (Lipinski definition) is 1. The average Bonchev–Trinajstić information content (AvgIpc) is 2.41. The van der Waals surface area contributed by atoms with E-state index in [2.05, 4.69) is 0 Å². The van der Waals surface area contributed by atoms with Crippen LogP contribution in [0.25, 0.3) is 10.9 Å². The number of carbonyl (C=O) groups is 1. The molecule has 0 spiro atoms. The van der Waals surface area contributed by atoms with Crippen molar-refractivity contribution in [1.29, 1.82) is 0 Å². The second-order valence-corrected chi connectivity index (χ2v) is 2.83. The third-order valence-corrected chi connectivity index (χ3v) is 2.01. The van der Waals surface area contributed by atoms with Gasteiger partial charge in [-0.1, -0.05) is 22.7 Å². The van der Waals surface area contributed by atoms with E-state index in [0.717, 1.165) is 0 Å². The molecule has 2 aromatic rings. The average molecular weight is 196 g/mol. The topological polar surface area (TPSA) is 48.0 Å². The van der Waals surface area contributed by atoms with E-state index in [-0.39, 0.29) is 15.7 Å². The zero-order chi connectivity index (χ0) is 10.3. The van der Waals surface area contributed by atoms with E-state index in [1.807, 2.05) is 0 Å². The summed E-state index contributed by atoms with van der Waals surface area (Å²) in [5, 5.41) is 0.181. The zero-order valence-electron chi connectivity index (χ0n) is 7.00. The van der Waals surface area contributed by atoms with Gasteiger partial charge in [0.05, 0.1) is 5.52 Å². The molecule has 1 amide bonds. The number of primary amides is 1. The van der Waals surface area contributed by atoms with Gasteiger partial charge >= 0.3 is 0 Å². The molecule has 72 valence electrons. The summed E-state index contributed by atoms with van der Waals surface area (Å²) in [6, 6.07) is 5.93. The minimum absolute atomic E-state index is 0.00111. The smallest absolute Gasteiger partial charge is 0.254 e. The maximum atomic E-state index is 13.2. The van der Waals surface area contributed by atoms with Crippen molar-refractivity contribution in [1.82, 2.24) is 4.79 Å². The molecule has 1 heterocycles. The molecular formula is C9H6F2N2O. The number of carbonyl (C=O) groups excluding carboxylic acids is 1. The van der Waals surface area contributed by atoms with Crippen LogP contribution in [0.1, 0.15) is 10.4 Å². The highest BCUT2D eigenvalue weighted by molar-refractivity contribution is 6.06. The van der Waals surface area contributed by atoms with Gasteiger partial charge in [0.2, 0.25) is 5.95 Å². The summed E-state index contributed by atoms with van der Waals surface area (Å²) >= 11 is 0. The highest BCUT2D eigenvalue weighted by Gasteiger charge is 2.20. The lowest BCUT2D eigenvalue weighted by molar-refractivity contribution is 0.0995. The Morgan fingerprint density at radius 3 is 2.64 bits per heavy atom. The Morgan fingerprint density at radius 1 is 1.36 bits per heavy atom. The van der Waals surface area contributed by atoms with E-state index in [0.29, 0.717) is 0 Å². The minimum atomic E-state index is -1.25. The molecule has 1 aromatic heterocycles. The Bertz CT molecular complexity index is 519. The summed E-state index contributed by atoms with van der Waals surface area (Å²) < 4.78 is 26.3. The predicted octanol–water partition coefficient (Wildman–Crippen LogP) is 1.61. The normalized spacial score (nSPS) is 10.7. The van der Waals surface area contributed by atoms with Crippen molar-refractivity contribution >= 4 is 16.8 Å². The summed E-state index contributed by atoms with van der Waals surface area (Å²) in [6.07, 6.45) is 0. The van der Waals surface area contributed by atoms with Gasteiger partial charge in [0, 0.05) is 5.39 Å². The zero-order valence-corrected chi connectivity index (χ0v) is 7.00. The molecule has 0 unspecified atom stereocenters. The molecule has 1 aromatic carbocycles. The lowest BCUT2D eigenvalue weighted by Gasteiger charge is -1.90. The Labute approximate surface area is 77.7 Å². The molecule has 0 atom stereocenters. The first-order valence-electron chi connectivity index (χ1n) is 3.88. The van der Waals surface area contributed by atoms with Crippen molar-refractivity contribution in [3.63, 3.8) is 0 Å². The number of benzene rings is 1. The van der Waals surface area contributed by atoms with Gasteiger partial charge in [-0.05, 0) is 6.07 Å². The third-order valence-electron chi connectivity index (χ3n) is 2.01. The Kier molecular flexibility index (Phi) is 1.73. The van der Waals surface area contributed by atoms with Crippen molar-refractivity contribution in [3.05, 3.63) is 35.8 Å². The predicted molar refractivity (Wildman–Crippen MR) is 46.9 cm³/mol. The van der Waals surface area contributed by atoms with Crippen LogP contribution < -0.4 is 5.73 Å². The van der Waals surface area contributed by atoms with Crippen molar-refractivity contribution in [2.75, 3.05) is 0 Å². The molecule has 0 aliphatic carbocycles. The molecular weight excluding hydrogens is 190 g/mol. The van der Waals surface area contributed by atoms with E-state index >= 15 is 0 Å². The van der Waals surface area contributed by atoms with Crippen LogP contribution in [0.2, 0.25) is 0 Å². The lowest BCUT2D eigenvalue weighted by Crippen LogP contribution is -2.12.